The van der Waals surface area contributed by atoms with Crippen molar-refractivity contribution in [1.82, 2.24) is 4.90 Å². The Balaban J connectivity index is 1.75. The van der Waals surface area contributed by atoms with E-state index in [1.807, 2.05) is 0 Å². The van der Waals surface area contributed by atoms with E-state index in [2.05, 4.69) is 0 Å². The van der Waals surface area contributed by atoms with E-state index in [1.54, 1.807) is 11.0 Å². The summed E-state index contributed by atoms with van der Waals surface area (Å²) in [6, 6.07) is 2.81. The van der Waals surface area contributed by atoms with Gasteiger partial charge >= 0.3 is 0 Å². The van der Waals surface area contributed by atoms with E-state index in [-0.39, 0.29) is 36.7 Å². The number of benzene rings is 1. The summed E-state index contributed by atoms with van der Waals surface area (Å²) >= 11 is 0. The molecule has 2 bridgehead atoms. The summed E-state index contributed by atoms with van der Waals surface area (Å²) < 4.78 is 32.0. The molecule has 2 heterocycles. The summed E-state index contributed by atoms with van der Waals surface area (Å²) in [7, 11) is 0. The number of ether oxygens (including phenoxy) is 1. The molecule has 0 unspecified atom stereocenters. The lowest BCUT2D eigenvalue weighted by molar-refractivity contribution is -0.191. The number of alkyl halides is 2. The highest BCUT2D eigenvalue weighted by Crippen LogP contribution is 2.64. The lowest BCUT2D eigenvalue weighted by atomic mass is 9.49. The smallest absolute Gasteiger partial charge is 0.251 e. The quantitative estimate of drug-likeness (QED) is 0.843. The molecular weight excluding hydrogens is 332 g/mol. The zero-order valence-electron chi connectivity index (χ0n) is 13.5. The number of likely N-dealkylation sites (tertiary alicyclic amines) is 1. The number of phenols is 1. The molecule has 2 fully saturated rings. The maximum Gasteiger partial charge on any atom is 0.251 e. The number of hydrogen-bond donors (Lipinski definition) is 2. The number of carbonyl (C=O) groups is 1. The number of carbonyl (C=O) groups excluding carboxylic acids is 1. The Bertz CT molecular complexity index is 785. The molecule has 1 saturated heterocycles. The zero-order valence-corrected chi connectivity index (χ0v) is 13.5. The van der Waals surface area contributed by atoms with Gasteiger partial charge in [-0.2, -0.15) is 0 Å². The number of aromatic hydroxyl groups is 1. The van der Waals surface area contributed by atoms with Crippen molar-refractivity contribution in [3.8, 4) is 11.5 Å². The number of aliphatic hydroxyl groups is 1. The van der Waals surface area contributed by atoms with Crippen LogP contribution in [0.4, 0.5) is 8.78 Å². The maximum absolute atomic E-state index is 13.1. The molecule has 2 aliphatic heterocycles. The third-order valence-electron chi connectivity index (χ3n) is 6.74. The van der Waals surface area contributed by atoms with Gasteiger partial charge < -0.3 is 14.9 Å². The van der Waals surface area contributed by atoms with Crippen LogP contribution in [0.5, 0.6) is 11.5 Å². The minimum Gasteiger partial charge on any atom is -0.504 e. The number of Topliss-reactive ketones (excluding diaryl/α,β-unsaturated/α-hetero) is 1. The Kier molecular flexibility index (Phi) is 2.92. The van der Waals surface area contributed by atoms with Crippen LogP contribution >= 0.6 is 0 Å². The van der Waals surface area contributed by atoms with Crippen LogP contribution in [0, 0.1) is 0 Å². The van der Waals surface area contributed by atoms with Crippen molar-refractivity contribution in [1.29, 1.82) is 0 Å². The normalized spacial score (nSPS) is 38.6. The van der Waals surface area contributed by atoms with Crippen LogP contribution in [0.3, 0.4) is 0 Å². The van der Waals surface area contributed by atoms with Gasteiger partial charge in [-0.3, -0.25) is 9.69 Å². The third-order valence-corrected chi connectivity index (χ3v) is 6.74. The number of hydrogen-bond acceptors (Lipinski definition) is 5. The number of halogens is 2. The third kappa shape index (κ3) is 1.66. The SMILES string of the molecule is O=C1CC[C@@]2(O)[C@H]3Cc4ccc(O)c5c4[C@@]2(CCN3CC(F)F)[C@H]1O5. The van der Waals surface area contributed by atoms with Crippen molar-refractivity contribution in [2.75, 3.05) is 13.1 Å². The Morgan fingerprint density at radius 3 is 2.92 bits per heavy atom. The fourth-order valence-corrected chi connectivity index (χ4v) is 5.81. The molecule has 0 amide bonds. The topological polar surface area (TPSA) is 70.0 Å². The van der Waals surface area contributed by atoms with Gasteiger partial charge in [-0.25, -0.2) is 8.78 Å². The molecule has 0 radical (unpaired) electrons. The van der Waals surface area contributed by atoms with Gasteiger partial charge in [0.1, 0.15) is 0 Å². The van der Waals surface area contributed by atoms with Crippen LogP contribution in [0.15, 0.2) is 12.1 Å². The molecule has 5 nitrogen and oxygen atoms in total. The second kappa shape index (κ2) is 4.71. The van der Waals surface area contributed by atoms with Gasteiger partial charge in [0, 0.05) is 18.0 Å². The monoisotopic (exact) mass is 351 g/mol. The summed E-state index contributed by atoms with van der Waals surface area (Å²) in [4.78, 5) is 14.2. The van der Waals surface area contributed by atoms with Crippen molar-refractivity contribution in [3.63, 3.8) is 0 Å². The van der Waals surface area contributed by atoms with E-state index in [0.29, 0.717) is 19.4 Å². The molecule has 1 aromatic rings. The number of piperidine rings is 1. The molecule has 4 atom stereocenters. The predicted octanol–water partition coefficient (Wildman–Crippen LogP) is 1.38. The highest BCUT2D eigenvalue weighted by Gasteiger charge is 2.73. The van der Waals surface area contributed by atoms with Crippen molar-refractivity contribution in [3.05, 3.63) is 23.3 Å². The molecule has 1 saturated carbocycles. The minimum absolute atomic E-state index is 0.0360. The molecule has 5 rings (SSSR count). The average molecular weight is 351 g/mol. The number of phenolic OH excluding ortho intramolecular Hbond substituents is 1. The first-order chi connectivity index (χ1) is 11.9. The van der Waals surface area contributed by atoms with E-state index in [4.69, 9.17) is 4.74 Å². The lowest BCUT2D eigenvalue weighted by Gasteiger charge is -2.62. The first-order valence-corrected chi connectivity index (χ1v) is 8.68. The number of ketones is 1. The Hall–Kier alpha value is -1.73. The van der Waals surface area contributed by atoms with Gasteiger partial charge in [0.15, 0.2) is 23.4 Å². The van der Waals surface area contributed by atoms with Crippen LogP contribution in [0.25, 0.3) is 0 Å². The molecule has 1 aromatic carbocycles. The van der Waals surface area contributed by atoms with E-state index in [0.717, 1.165) is 11.1 Å². The molecule has 25 heavy (non-hydrogen) atoms. The van der Waals surface area contributed by atoms with Gasteiger partial charge in [-0.05, 0) is 37.4 Å². The van der Waals surface area contributed by atoms with Gasteiger partial charge in [0.25, 0.3) is 6.43 Å². The van der Waals surface area contributed by atoms with Crippen LogP contribution in [-0.4, -0.2) is 58.2 Å². The fourth-order valence-electron chi connectivity index (χ4n) is 5.81. The first-order valence-electron chi connectivity index (χ1n) is 8.68. The van der Waals surface area contributed by atoms with E-state index in [1.165, 1.54) is 6.07 Å². The van der Waals surface area contributed by atoms with E-state index >= 15 is 0 Å². The summed E-state index contributed by atoms with van der Waals surface area (Å²) in [5.41, 5.74) is -0.641. The van der Waals surface area contributed by atoms with Crippen molar-refractivity contribution in [2.24, 2.45) is 0 Å². The molecule has 7 heteroatoms. The van der Waals surface area contributed by atoms with Crippen molar-refractivity contribution < 1.29 is 28.5 Å². The standard InChI is InChI=1S/C18H19F2NO4/c19-13(20)8-21-6-5-17-14-9-1-2-10(22)15(14)25-16(17)11(23)3-4-18(17,24)12(21)7-9/h1-2,12-13,16,22,24H,3-8H2/t12-,16+,17+,18-/m1/s1. The van der Waals surface area contributed by atoms with Crippen molar-refractivity contribution >= 4 is 5.78 Å². The first kappa shape index (κ1) is 15.5. The summed E-state index contributed by atoms with van der Waals surface area (Å²) in [6.45, 7) is -0.0121. The largest absolute Gasteiger partial charge is 0.504 e. The fraction of sp³-hybridized carbons (Fsp3) is 0.611. The molecule has 1 spiro atoms. The highest BCUT2D eigenvalue weighted by atomic mass is 19.3. The van der Waals surface area contributed by atoms with Gasteiger partial charge in [-0.15, -0.1) is 0 Å². The van der Waals surface area contributed by atoms with E-state index in [9.17, 15) is 23.8 Å². The average Bonchev–Trinajstić information content (AvgIpc) is 2.91. The molecule has 134 valence electrons. The second-order valence-electron chi connectivity index (χ2n) is 7.66. The van der Waals surface area contributed by atoms with Crippen LogP contribution in [-0.2, 0) is 16.6 Å². The van der Waals surface area contributed by atoms with E-state index < -0.39 is 29.6 Å². The van der Waals surface area contributed by atoms with Gasteiger partial charge in [0.05, 0.1) is 17.6 Å². The molecule has 0 aromatic heterocycles. The molecule has 2 aliphatic carbocycles. The predicted molar refractivity (Wildman–Crippen MR) is 83.1 cm³/mol. The lowest BCUT2D eigenvalue weighted by Crippen LogP contribution is -2.76. The Morgan fingerprint density at radius 1 is 1.36 bits per heavy atom. The summed E-state index contributed by atoms with van der Waals surface area (Å²) in [6.07, 6.45) is -2.14. The van der Waals surface area contributed by atoms with Crippen molar-refractivity contribution in [2.45, 2.75) is 55.3 Å². The van der Waals surface area contributed by atoms with Crippen LogP contribution in [0.1, 0.15) is 30.4 Å². The Morgan fingerprint density at radius 2 is 2.16 bits per heavy atom. The second-order valence-corrected chi connectivity index (χ2v) is 7.66. The highest BCUT2D eigenvalue weighted by molar-refractivity contribution is 5.90. The van der Waals surface area contributed by atoms with Gasteiger partial charge in [-0.1, -0.05) is 6.07 Å². The summed E-state index contributed by atoms with van der Waals surface area (Å²) in [5.74, 6) is 0.164. The number of nitrogens with zero attached hydrogens (tertiary/aromatic N) is 1. The number of rotatable bonds is 2. The molecular formula is C18H19F2NO4. The Labute approximate surface area is 143 Å². The van der Waals surface area contributed by atoms with Gasteiger partial charge in [0.2, 0.25) is 0 Å². The zero-order chi connectivity index (χ0) is 17.6. The molecule has 2 N–H and O–H groups in total. The summed E-state index contributed by atoms with van der Waals surface area (Å²) in [5, 5.41) is 21.9. The van der Waals surface area contributed by atoms with Crippen LogP contribution < -0.4 is 4.74 Å². The minimum atomic E-state index is -2.48. The molecule has 4 aliphatic rings. The van der Waals surface area contributed by atoms with Crippen LogP contribution in [0.2, 0.25) is 0 Å². The maximum atomic E-state index is 13.1.